The van der Waals surface area contributed by atoms with E-state index in [0.717, 1.165) is 36.7 Å². The van der Waals surface area contributed by atoms with E-state index in [0.29, 0.717) is 29.2 Å². The lowest BCUT2D eigenvalue weighted by Gasteiger charge is -2.35. The lowest BCUT2D eigenvalue weighted by Crippen LogP contribution is -2.47. The second-order valence-electron chi connectivity index (χ2n) is 7.11. The number of likely N-dealkylation sites (N-methyl/N-ethyl adjacent to an activating group) is 1. The number of nitrogens with zero attached hydrogens (tertiary/aromatic N) is 3. The number of piperazine rings is 1. The molecule has 0 N–H and O–H groups in total. The van der Waals surface area contributed by atoms with E-state index in [-0.39, 0.29) is 5.69 Å². The molecule has 0 spiro atoms. The van der Waals surface area contributed by atoms with E-state index in [4.69, 9.17) is 0 Å². The predicted molar refractivity (Wildman–Crippen MR) is 109 cm³/mol. The maximum Gasteiger partial charge on any atom is 0.416 e. The van der Waals surface area contributed by atoms with Crippen molar-refractivity contribution in [3.05, 3.63) is 57.9 Å². The zero-order valence-electron chi connectivity index (χ0n) is 16.3. The molecule has 0 unspecified atom stereocenters. The molecule has 1 aromatic carbocycles. The van der Waals surface area contributed by atoms with Crippen molar-refractivity contribution in [3.63, 3.8) is 0 Å². The fraction of sp³-hybridized carbons (Fsp3) is 0.333. The third-order valence-corrected chi connectivity index (χ3v) is 6.30. The van der Waals surface area contributed by atoms with Gasteiger partial charge in [-0.1, -0.05) is 13.0 Å². The van der Waals surface area contributed by atoms with Crippen LogP contribution in [0.25, 0.3) is 5.57 Å². The van der Waals surface area contributed by atoms with Gasteiger partial charge >= 0.3 is 6.18 Å². The predicted octanol–water partition coefficient (Wildman–Crippen LogP) is 3.69. The number of amides is 2. The van der Waals surface area contributed by atoms with Gasteiger partial charge in [0.1, 0.15) is 5.70 Å². The van der Waals surface area contributed by atoms with Gasteiger partial charge in [-0.05, 0) is 42.3 Å². The van der Waals surface area contributed by atoms with Crippen molar-refractivity contribution < 1.29 is 22.8 Å². The minimum Gasteiger partial charge on any atom is -0.364 e. The molecule has 2 amide bonds. The molecular weight excluding hydrogens is 415 g/mol. The van der Waals surface area contributed by atoms with Crippen LogP contribution < -0.4 is 4.90 Å². The van der Waals surface area contributed by atoms with Gasteiger partial charge in [-0.25, -0.2) is 4.90 Å². The summed E-state index contributed by atoms with van der Waals surface area (Å²) in [5, 5.41) is 1.83. The van der Waals surface area contributed by atoms with Crippen molar-refractivity contribution >= 4 is 34.4 Å². The third kappa shape index (κ3) is 3.63. The van der Waals surface area contributed by atoms with Crippen molar-refractivity contribution in [1.82, 2.24) is 9.80 Å². The third-order valence-electron chi connectivity index (χ3n) is 5.42. The molecule has 3 heterocycles. The minimum absolute atomic E-state index is 0.134. The summed E-state index contributed by atoms with van der Waals surface area (Å²) in [4.78, 5) is 32.4. The first-order chi connectivity index (χ1) is 14.3. The number of carbonyl (C=O) groups is 2. The van der Waals surface area contributed by atoms with E-state index in [1.807, 2.05) is 10.3 Å². The highest BCUT2D eigenvalue weighted by Gasteiger charge is 2.43. The highest BCUT2D eigenvalue weighted by Crippen LogP contribution is 2.38. The first kappa shape index (κ1) is 20.6. The zero-order chi connectivity index (χ0) is 21.5. The Balaban J connectivity index is 1.70. The highest BCUT2D eigenvalue weighted by atomic mass is 32.1. The molecule has 1 saturated heterocycles. The summed E-state index contributed by atoms with van der Waals surface area (Å²) >= 11 is 1.36. The van der Waals surface area contributed by atoms with Crippen LogP contribution in [-0.4, -0.2) is 54.3 Å². The second kappa shape index (κ2) is 7.88. The van der Waals surface area contributed by atoms with Gasteiger partial charge in [0.2, 0.25) is 0 Å². The largest absolute Gasteiger partial charge is 0.416 e. The normalized spacial score (nSPS) is 18.7. The van der Waals surface area contributed by atoms with Crippen LogP contribution >= 0.6 is 11.3 Å². The molecule has 0 atom stereocenters. The van der Waals surface area contributed by atoms with Gasteiger partial charge in [-0.2, -0.15) is 13.2 Å². The molecule has 0 radical (unpaired) electrons. The van der Waals surface area contributed by atoms with E-state index in [1.165, 1.54) is 23.5 Å². The van der Waals surface area contributed by atoms with Gasteiger partial charge < -0.3 is 9.80 Å². The Morgan fingerprint density at radius 3 is 2.17 bits per heavy atom. The van der Waals surface area contributed by atoms with Gasteiger partial charge in [0.25, 0.3) is 11.8 Å². The summed E-state index contributed by atoms with van der Waals surface area (Å²) in [6, 6.07) is 7.70. The van der Waals surface area contributed by atoms with E-state index < -0.39 is 23.6 Å². The zero-order valence-corrected chi connectivity index (χ0v) is 17.1. The van der Waals surface area contributed by atoms with Crippen molar-refractivity contribution in [2.45, 2.75) is 13.1 Å². The average Bonchev–Trinajstić information content (AvgIpc) is 3.33. The lowest BCUT2D eigenvalue weighted by atomic mass is 10.1. The van der Waals surface area contributed by atoms with Gasteiger partial charge in [-0.15, -0.1) is 11.3 Å². The molecule has 30 heavy (non-hydrogen) atoms. The Morgan fingerprint density at radius 1 is 0.967 bits per heavy atom. The van der Waals surface area contributed by atoms with E-state index in [2.05, 4.69) is 11.8 Å². The number of carbonyl (C=O) groups excluding carboxylic acids is 2. The van der Waals surface area contributed by atoms with E-state index >= 15 is 0 Å². The first-order valence-electron chi connectivity index (χ1n) is 9.62. The summed E-state index contributed by atoms with van der Waals surface area (Å²) in [7, 11) is 0. The molecule has 5 nitrogen and oxygen atoms in total. The van der Waals surface area contributed by atoms with Crippen molar-refractivity contribution in [2.75, 3.05) is 37.6 Å². The van der Waals surface area contributed by atoms with Crippen LogP contribution in [0.4, 0.5) is 18.9 Å². The Kier molecular flexibility index (Phi) is 5.42. The van der Waals surface area contributed by atoms with Crippen LogP contribution in [-0.2, 0) is 15.8 Å². The number of benzene rings is 1. The molecular formula is C21H20F3N3O2S. The topological polar surface area (TPSA) is 43.9 Å². The SMILES string of the molecule is CCN1CCN(C2=C(c3cccs3)C(=O)N(c3ccc(C(F)(F)F)cc3)C2=O)CC1. The summed E-state index contributed by atoms with van der Waals surface area (Å²) in [6.45, 7) is 5.76. The molecule has 2 aromatic rings. The smallest absolute Gasteiger partial charge is 0.364 e. The van der Waals surface area contributed by atoms with Crippen LogP contribution in [0.15, 0.2) is 47.5 Å². The molecule has 0 aliphatic carbocycles. The molecule has 1 aromatic heterocycles. The number of rotatable bonds is 4. The van der Waals surface area contributed by atoms with E-state index in [1.54, 1.807) is 12.1 Å². The van der Waals surface area contributed by atoms with Crippen molar-refractivity contribution in [3.8, 4) is 0 Å². The summed E-state index contributed by atoms with van der Waals surface area (Å²) in [5.74, 6) is -0.997. The number of alkyl halides is 3. The monoisotopic (exact) mass is 435 g/mol. The Hall–Kier alpha value is -2.65. The quantitative estimate of drug-likeness (QED) is 0.688. The average molecular weight is 435 g/mol. The summed E-state index contributed by atoms with van der Waals surface area (Å²) in [5.41, 5.74) is -0.0418. The first-order valence-corrected chi connectivity index (χ1v) is 10.5. The van der Waals surface area contributed by atoms with Crippen LogP contribution in [0.3, 0.4) is 0 Å². The summed E-state index contributed by atoms with van der Waals surface area (Å²) in [6.07, 6.45) is -4.48. The van der Waals surface area contributed by atoms with Gasteiger partial charge in [0.15, 0.2) is 0 Å². The second-order valence-corrected chi connectivity index (χ2v) is 8.06. The molecule has 4 rings (SSSR count). The lowest BCUT2D eigenvalue weighted by molar-refractivity contribution is -0.137. The van der Waals surface area contributed by atoms with E-state index in [9.17, 15) is 22.8 Å². The van der Waals surface area contributed by atoms with Gasteiger partial charge in [-0.3, -0.25) is 9.59 Å². The molecule has 2 aliphatic rings. The maximum absolute atomic E-state index is 13.3. The molecule has 2 aliphatic heterocycles. The fourth-order valence-electron chi connectivity index (χ4n) is 3.78. The maximum atomic E-state index is 13.3. The molecule has 9 heteroatoms. The van der Waals surface area contributed by atoms with Crippen LogP contribution in [0.2, 0.25) is 0 Å². The van der Waals surface area contributed by atoms with Gasteiger partial charge in [0.05, 0.1) is 16.8 Å². The molecule has 0 saturated carbocycles. The fourth-order valence-corrected chi connectivity index (χ4v) is 4.54. The highest BCUT2D eigenvalue weighted by molar-refractivity contribution is 7.11. The number of imide groups is 1. The number of hydrogen-bond donors (Lipinski definition) is 0. The Labute approximate surface area is 176 Å². The summed E-state index contributed by atoms with van der Waals surface area (Å²) < 4.78 is 38.7. The van der Waals surface area contributed by atoms with Crippen LogP contribution in [0, 0.1) is 0 Å². The molecule has 0 bridgehead atoms. The Bertz CT molecular complexity index is 976. The number of thiophene rings is 1. The van der Waals surface area contributed by atoms with Crippen molar-refractivity contribution in [1.29, 1.82) is 0 Å². The standard InChI is InChI=1S/C21H20F3N3O2S/c1-2-25-9-11-26(12-10-25)18-17(16-4-3-13-30-16)19(28)27(20(18)29)15-7-5-14(6-8-15)21(22,23)24/h3-8,13H,2,9-12H2,1H3. The minimum atomic E-state index is -4.48. The number of halogens is 3. The van der Waals surface area contributed by atoms with Gasteiger partial charge in [0, 0.05) is 31.1 Å². The number of hydrogen-bond acceptors (Lipinski definition) is 5. The van der Waals surface area contributed by atoms with Crippen molar-refractivity contribution in [2.24, 2.45) is 0 Å². The molecule has 1 fully saturated rings. The van der Waals surface area contributed by atoms with Crippen LogP contribution in [0.5, 0.6) is 0 Å². The Morgan fingerprint density at radius 2 is 1.63 bits per heavy atom. The van der Waals surface area contributed by atoms with Crippen LogP contribution in [0.1, 0.15) is 17.4 Å². The number of anilines is 1. The molecule has 158 valence electrons.